The summed E-state index contributed by atoms with van der Waals surface area (Å²) in [6.07, 6.45) is -4.61. The first-order valence-corrected chi connectivity index (χ1v) is 8.92. The highest BCUT2D eigenvalue weighted by Crippen LogP contribution is 2.35. The Bertz CT molecular complexity index is 939. The van der Waals surface area contributed by atoms with E-state index in [1.807, 2.05) is 0 Å². The van der Waals surface area contributed by atoms with Crippen molar-refractivity contribution >= 4 is 27.2 Å². The van der Waals surface area contributed by atoms with Crippen LogP contribution in [0.25, 0.3) is 0 Å². The standard InChI is InChI=1S/C17H17F3N2O3S/c1-11(23)12-5-4-6-14(9-12)26(24,25)21-15-10-13(17(18,19)20)7-8-16(15)22(2)3/h4-10,21H,1-3H3. The van der Waals surface area contributed by atoms with Gasteiger partial charge in [0, 0.05) is 19.7 Å². The molecule has 0 amide bonds. The predicted octanol–water partition coefficient (Wildman–Crippen LogP) is 3.77. The molecule has 0 fully saturated rings. The van der Waals surface area contributed by atoms with Crippen LogP contribution in [0.1, 0.15) is 22.8 Å². The summed E-state index contributed by atoms with van der Waals surface area (Å²) in [6.45, 7) is 1.29. The van der Waals surface area contributed by atoms with Gasteiger partial charge in [0.25, 0.3) is 10.0 Å². The normalized spacial score (nSPS) is 11.9. The van der Waals surface area contributed by atoms with Gasteiger partial charge in [-0.1, -0.05) is 12.1 Å². The molecule has 26 heavy (non-hydrogen) atoms. The quantitative estimate of drug-likeness (QED) is 0.795. The Hall–Kier alpha value is -2.55. The molecule has 0 unspecified atom stereocenters. The highest BCUT2D eigenvalue weighted by atomic mass is 32.2. The predicted molar refractivity (Wildman–Crippen MR) is 93.0 cm³/mol. The van der Waals surface area contributed by atoms with Crippen molar-refractivity contribution in [2.75, 3.05) is 23.7 Å². The largest absolute Gasteiger partial charge is 0.416 e. The van der Waals surface area contributed by atoms with Gasteiger partial charge in [0.1, 0.15) is 0 Å². The minimum absolute atomic E-state index is 0.185. The van der Waals surface area contributed by atoms with Gasteiger partial charge in [-0.2, -0.15) is 13.2 Å². The van der Waals surface area contributed by atoms with Crippen molar-refractivity contribution in [2.45, 2.75) is 18.0 Å². The summed E-state index contributed by atoms with van der Waals surface area (Å²) in [4.78, 5) is 12.7. The topological polar surface area (TPSA) is 66.5 Å². The number of anilines is 2. The second-order valence-corrected chi connectivity index (χ2v) is 7.50. The Kier molecular flexibility index (Phi) is 5.31. The van der Waals surface area contributed by atoms with E-state index in [1.165, 1.54) is 42.2 Å². The lowest BCUT2D eigenvalue weighted by atomic mass is 10.1. The van der Waals surface area contributed by atoms with Gasteiger partial charge in [0.05, 0.1) is 21.8 Å². The monoisotopic (exact) mass is 386 g/mol. The van der Waals surface area contributed by atoms with E-state index in [4.69, 9.17) is 0 Å². The zero-order chi connectivity index (χ0) is 19.7. The first kappa shape index (κ1) is 19.8. The smallest absolute Gasteiger partial charge is 0.376 e. The van der Waals surface area contributed by atoms with E-state index in [2.05, 4.69) is 4.72 Å². The van der Waals surface area contributed by atoms with Gasteiger partial charge in [0.15, 0.2) is 5.78 Å². The van der Waals surface area contributed by atoms with E-state index in [0.717, 1.165) is 12.1 Å². The summed E-state index contributed by atoms with van der Waals surface area (Å²) >= 11 is 0. The lowest BCUT2D eigenvalue weighted by molar-refractivity contribution is -0.137. The summed E-state index contributed by atoms with van der Waals surface area (Å²) in [6, 6.07) is 8.09. The number of Topliss-reactive ketones (excluding diaryl/α,β-unsaturated/α-hetero) is 1. The Balaban J connectivity index is 2.51. The lowest BCUT2D eigenvalue weighted by Crippen LogP contribution is -2.18. The van der Waals surface area contributed by atoms with Crippen LogP contribution in [-0.2, 0) is 16.2 Å². The number of alkyl halides is 3. The molecule has 2 rings (SSSR count). The SMILES string of the molecule is CC(=O)c1cccc(S(=O)(=O)Nc2cc(C(F)(F)F)ccc2N(C)C)c1. The molecule has 0 bridgehead atoms. The zero-order valence-electron chi connectivity index (χ0n) is 14.3. The van der Waals surface area contributed by atoms with Gasteiger partial charge in [-0.3, -0.25) is 9.52 Å². The number of rotatable bonds is 5. The third-order valence-electron chi connectivity index (χ3n) is 3.60. The van der Waals surface area contributed by atoms with Gasteiger partial charge < -0.3 is 4.90 Å². The maximum absolute atomic E-state index is 13.0. The molecule has 0 aliphatic heterocycles. The Labute approximate surface area is 149 Å². The van der Waals surface area contributed by atoms with E-state index in [-0.39, 0.29) is 27.6 Å². The number of hydrogen-bond acceptors (Lipinski definition) is 4. The number of nitrogens with one attached hydrogen (secondary N) is 1. The molecule has 0 aliphatic rings. The van der Waals surface area contributed by atoms with E-state index in [9.17, 15) is 26.4 Å². The molecular formula is C17H17F3N2O3S. The maximum atomic E-state index is 13.0. The van der Waals surface area contributed by atoms with Gasteiger partial charge in [-0.05, 0) is 37.3 Å². The minimum atomic E-state index is -4.61. The van der Waals surface area contributed by atoms with Crippen LogP contribution in [0.3, 0.4) is 0 Å². The molecule has 9 heteroatoms. The number of sulfonamides is 1. The molecule has 0 aromatic heterocycles. The van der Waals surface area contributed by atoms with Crippen LogP contribution in [-0.4, -0.2) is 28.3 Å². The molecule has 140 valence electrons. The molecule has 0 saturated heterocycles. The number of carbonyl (C=O) groups excluding carboxylic acids is 1. The molecular weight excluding hydrogens is 369 g/mol. The molecule has 0 radical (unpaired) electrons. The van der Waals surface area contributed by atoms with Crippen LogP contribution in [0.2, 0.25) is 0 Å². The van der Waals surface area contributed by atoms with Gasteiger partial charge >= 0.3 is 6.18 Å². The van der Waals surface area contributed by atoms with Crippen molar-refractivity contribution < 1.29 is 26.4 Å². The Morgan fingerprint density at radius 1 is 1.08 bits per heavy atom. The molecule has 0 saturated carbocycles. The highest BCUT2D eigenvalue weighted by Gasteiger charge is 2.31. The van der Waals surface area contributed by atoms with Gasteiger partial charge in [-0.25, -0.2) is 8.42 Å². The molecule has 0 atom stereocenters. The third-order valence-corrected chi connectivity index (χ3v) is 4.96. The molecule has 0 heterocycles. The average molecular weight is 386 g/mol. The third kappa shape index (κ3) is 4.34. The molecule has 0 spiro atoms. The Morgan fingerprint density at radius 2 is 1.73 bits per heavy atom. The average Bonchev–Trinajstić information content (AvgIpc) is 2.53. The summed E-state index contributed by atoms with van der Waals surface area (Å²) in [7, 11) is -1.02. The van der Waals surface area contributed by atoms with Crippen LogP contribution >= 0.6 is 0 Å². The molecule has 1 N–H and O–H groups in total. The maximum Gasteiger partial charge on any atom is 0.416 e. The molecule has 5 nitrogen and oxygen atoms in total. The minimum Gasteiger partial charge on any atom is -0.376 e. The fourth-order valence-corrected chi connectivity index (χ4v) is 3.38. The molecule has 2 aromatic carbocycles. The summed E-state index contributed by atoms with van der Waals surface area (Å²) in [5, 5.41) is 0. The van der Waals surface area contributed by atoms with E-state index < -0.39 is 21.8 Å². The van der Waals surface area contributed by atoms with E-state index in [0.29, 0.717) is 0 Å². The van der Waals surface area contributed by atoms with Crippen molar-refractivity contribution in [3.8, 4) is 0 Å². The second-order valence-electron chi connectivity index (χ2n) is 5.81. The molecule has 0 aliphatic carbocycles. The van der Waals surface area contributed by atoms with E-state index >= 15 is 0 Å². The summed E-state index contributed by atoms with van der Waals surface area (Å²) in [5.41, 5.74) is -0.731. The van der Waals surface area contributed by atoms with Crippen LogP contribution in [0.5, 0.6) is 0 Å². The zero-order valence-corrected chi connectivity index (χ0v) is 15.1. The van der Waals surface area contributed by atoms with E-state index in [1.54, 1.807) is 14.1 Å². The fourth-order valence-electron chi connectivity index (χ4n) is 2.27. The summed E-state index contributed by atoms with van der Waals surface area (Å²) < 4.78 is 66.3. The number of nitrogens with zero attached hydrogens (tertiary/aromatic N) is 1. The number of halogens is 3. The van der Waals surface area contributed by atoms with Crippen molar-refractivity contribution in [1.82, 2.24) is 0 Å². The van der Waals surface area contributed by atoms with Gasteiger partial charge in [-0.15, -0.1) is 0 Å². The first-order chi connectivity index (χ1) is 11.9. The number of benzene rings is 2. The molecule has 2 aromatic rings. The first-order valence-electron chi connectivity index (χ1n) is 7.44. The lowest BCUT2D eigenvalue weighted by Gasteiger charge is -2.20. The highest BCUT2D eigenvalue weighted by molar-refractivity contribution is 7.92. The fraction of sp³-hybridized carbons (Fsp3) is 0.235. The summed E-state index contributed by atoms with van der Waals surface area (Å²) in [5.74, 6) is -0.324. The number of hydrogen-bond donors (Lipinski definition) is 1. The van der Waals surface area contributed by atoms with Crippen LogP contribution < -0.4 is 9.62 Å². The Morgan fingerprint density at radius 3 is 2.27 bits per heavy atom. The van der Waals surface area contributed by atoms with Gasteiger partial charge in [0.2, 0.25) is 0 Å². The number of ketones is 1. The van der Waals surface area contributed by atoms with Crippen molar-refractivity contribution in [2.24, 2.45) is 0 Å². The van der Waals surface area contributed by atoms with Crippen molar-refractivity contribution in [1.29, 1.82) is 0 Å². The second kappa shape index (κ2) is 6.99. The number of carbonyl (C=O) groups is 1. The van der Waals surface area contributed by atoms with Crippen LogP contribution in [0, 0.1) is 0 Å². The van der Waals surface area contributed by atoms with Crippen LogP contribution in [0.15, 0.2) is 47.4 Å². The van der Waals surface area contributed by atoms with Crippen LogP contribution in [0.4, 0.5) is 24.5 Å². The van der Waals surface area contributed by atoms with Crippen molar-refractivity contribution in [3.05, 3.63) is 53.6 Å². The van der Waals surface area contributed by atoms with Crippen molar-refractivity contribution in [3.63, 3.8) is 0 Å².